The van der Waals surface area contributed by atoms with Gasteiger partial charge in [0.25, 0.3) is 6.43 Å². The maximum atomic E-state index is 14.5. The molecule has 11 heteroatoms. The van der Waals surface area contributed by atoms with Gasteiger partial charge in [-0.3, -0.25) is 9.36 Å². The van der Waals surface area contributed by atoms with Crippen molar-refractivity contribution in [2.75, 3.05) is 38.8 Å². The average molecular weight is 556 g/mol. The number of nitrogens with one attached hydrogen (secondary N) is 1. The summed E-state index contributed by atoms with van der Waals surface area (Å²) in [5, 5.41) is 12.1. The number of fused-ring (bicyclic) bond motifs is 1. The van der Waals surface area contributed by atoms with E-state index in [0.717, 1.165) is 29.7 Å². The normalized spacial score (nSPS) is 16.1. The van der Waals surface area contributed by atoms with E-state index in [1.54, 1.807) is 42.1 Å². The van der Waals surface area contributed by atoms with Crippen LogP contribution in [0, 0.1) is 5.92 Å². The summed E-state index contributed by atoms with van der Waals surface area (Å²) in [4.78, 5) is 16.3. The van der Waals surface area contributed by atoms with Crippen molar-refractivity contribution in [3.05, 3.63) is 46.9 Å². The zero-order valence-corrected chi connectivity index (χ0v) is 24.0. The van der Waals surface area contributed by atoms with Crippen molar-refractivity contribution in [2.24, 2.45) is 13.0 Å². The van der Waals surface area contributed by atoms with E-state index in [4.69, 9.17) is 9.84 Å². The molecule has 5 rings (SSSR count). The van der Waals surface area contributed by atoms with Crippen LogP contribution in [0.25, 0.3) is 11.1 Å². The minimum absolute atomic E-state index is 0.0351. The Hall–Kier alpha value is -3.47. The molecular formula is C29H39F2N7O2. The molecule has 1 aromatic carbocycles. The molecule has 0 bridgehead atoms. The van der Waals surface area contributed by atoms with Gasteiger partial charge in [0.1, 0.15) is 0 Å². The molecule has 4 heterocycles. The number of alkyl halides is 2. The zero-order chi connectivity index (χ0) is 28.6. The summed E-state index contributed by atoms with van der Waals surface area (Å²) in [5.74, 6) is 1.01. The summed E-state index contributed by atoms with van der Waals surface area (Å²) in [5.41, 5.74) is 4.87. The Morgan fingerprint density at radius 3 is 2.62 bits per heavy atom. The number of amides is 2. The molecule has 0 spiro atoms. The van der Waals surface area contributed by atoms with Crippen LogP contribution in [0.5, 0.6) is 0 Å². The van der Waals surface area contributed by atoms with E-state index in [1.807, 2.05) is 18.0 Å². The second kappa shape index (κ2) is 11.6. The van der Waals surface area contributed by atoms with E-state index in [0.29, 0.717) is 67.7 Å². The fourth-order valence-corrected chi connectivity index (χ4v) is 5.93. The standard InChI is InChI=1S/C29H39F2N7O2/c1-18(2)12-19-13-22(20-15-33-35(4)16-20)23(27(30)31)14-26(19)36(5)28-24-17-37(29(39)32-3)9-6-25(24)38(34-28)21-7-10-40-11-8-21/h13-16,18,21,27H,6-12,17H2,1-5H3,(H,32,39). The van der Waals surface area contributed by atoms with E-state index in [9.17, 15) is 13.6 Å². The number of benzene rings is 1. The minimum atomic E-state index is -2.66. The number of nitrogens with zero attached hydrogens (tertiary/aromatic N) is 6. The van der Waals surface area contributed by atoms with Crippen LogP contribution in [0.15, 0.2) is 24.5 Å². The Labute approximate surface area is 234 Å². The van der Waals surface area contributed by atoms with Crippen LogP contribution in [0.2, 0.25) is 0 Å². The average Bonchev–Trinajstić information content (AvgIpc) is 3.55. The highest BCUT2D eigenvalue weighted by molar-refractivity contribution is 5.77. The SMILES string of the molecule is CNC(=O)N1CCc2c(c(N(C)c3cc(C(F)F)c(-c4cnn(C)c4)cc3CC(C)C)nn2C2CCOCC2)C1. The van der Waals surface area contributed by atoms with Crippen LogP contribution < -0.4 is 10.2 Å². The fourth-order valence-electron chi connectivity index (χ4n) is 5.93. The summed E-state index contributed by atoms with van der Waals surface area (Å²) < 4.78 is 38.4. The molecule has 1 N–H and O–H groups in total. The number of anilines is 2. The first-order valence-electron chi connectivity index (χ1n) is 14.0. The van der Waals surface area contributed by atoms with E-state index in [2.05, 4.69) is 28.9 Å². The molecule has 0 aliphatic carbocycles. The highest BCUT2D eigenvalue weighted by atomic mass is 19.3. The van der Waals surface area contributed by atoms with Crippen LogP contribution in [0.4, 0.5) is 25.1 Å². The molecule has 2 aliphatic heterocycles. The van der Waals surface area contributed by atoms with Gasteiger partial charge in [-0.25, -0.2) is 13.6 Å². The fraction of sp³-hybridized carbons (Fsp3) is 0.552. The van der Waals surface area contributed by atoms with Crippen LogP contribution in [0.1, 0.15) is 61.5 Å². The Balaban J connectivity index is 1.64. The lowest BCUT2D eigenvalue weighted by Gasteiger charge is -2.30. The number of carbonyl (C=O) groups is 1. The predicted octanol–water partition coefficient (Wildman–Crippen LogP) is 5.24. The molecule has 0 atom stereocenters. The van der Waals surface area contributed by atoms with E-state index in [-0.39, 0.29) is 17.6 Å². The number of hydrogen-bond donors (Lipinski definition) is 1. The number of hydrogen-bond acceptors (Lipinski definition) is 5. The lowest BCUT2D eigenvalue weighted by atomic mass is 9.93. The van der Waals surface area contributed by atoms with Gasteiger partial charge >= 0.3 is 6.03 Å². The van der Waals surface area contributed by atoms with E-state index in [1.165, 1.54) is 0 Å². The first kappa shape index (κ1) is 28.1. The van der Waals surface area contributed by atoms with Crippen molar-refractivity contribution in [2.45, 2.75) is 58.5 Å². The Kier molecular flexibility index (Phi) is 8.11. The van der Waals surface area contributed by atoms with Crippen LogP contribution in [0.3, 0.4) is 0 Å². The van der Waals surface area contributed by atoms with Crippen molar-refractivity contribution in [3.63, 3.8) is 0 Å². The molecule has 216 valence electrons. The summed E-state index contributed by atoms with van der Waals surface area (Å²) in [6, 6.07) is 3.57. The van der Waals surface area contributed by atoms with Gasteiger partial charge in [0.2, 0.25) is 0 Å². The molecule has 0 saturated carbocycles. The summed E-state index contributed by atoms with van der Waals surface area (Å²) in [6.45, 7) is 6.61. The first-order valence-corrected chi connectivity index (χ1v) is 14.0. The van der Waals surface area contributed by atoms with E-state index < -0.39 is 6.43 Å². The van der Waals surface area contributed by atoms with Gasteiger partial charge in [-0.15, -0.1) is 0 Å². The lowest BCUT2D eigenvalue weighted by Crippen LogP contribution is -2.41. The van der Waals surface area contributed by atoms with Crippen molar-refractivity contribution in [3.8, 4) is 11.1 Å². The van der Waals surface area contributed by atoms with Gasteiger partial charge in [0.15, 0.2) is 5.82 Å². The summed E-state index contributed by atoms with van der Waals surface area (Å²) in [7, 11) is 5.31. The first-order chi connectivity index (χ1) is 19.2. The third-order valence-electron chi connectivity index (χ3n) is 7.91. The highest BCUT2D eigenvalue weighted by Gasteiger charge is 2.33. The number of halogens is 2. The molecular weight excluding hydrogens is 516 g/mol. The Bertz CT molecular complexity index is 1360. The monoisotopic (exact) mass is 555 g/mol. The van der Waals surface area contributed by atoms with E-state index >= 15 is 0 Å². The second-order valence-electron chi connectivity index (χ2n) is 11.2. The number of rotatable bonds is 7. The lowest BCUT2D eigenvalue weighted by molar-refractivity contribution is 0.0651. The topological polar surface area (TPSA) is 80.5 Å². The quantitative estimate of drug-likeness (QED) is 0.432. The Morgan fingerprint density at radius 1 is 1.25 bits per heavy atom. The van der Waals surface area contributed by atoms with Gasteiger partial charge in [-0.1, -0.05) is 13.8 Å². The number of ether oxygens (including phenoxy) is 1. The number of aryl methyl sites for hydroxylation is 1. The summed E-state index contributed by atoms with van der Waals surface area (Å²) >= 11 is 0. The van der Waals surface area contributed by atoms with Crippen molar-refractivity contribution < 1.29 is 18.3 Å². The Morgan fingerprint density at radius 2 is 2.00 bits per heavy atom. The molecule has 9 nitrogen and oxygen atoms in total. The van der Waals surface area contributed by atoms with Crippen molar-refractivity contribution in [1.82, 2.24) is 29.8 Å². The van der Waals surface area contributed by atoms with Gasteiger partial charge in [0, 0.05) is 81.6 Å². The molecule has 2 amide bonds. The smallest absolute Gasteiger partial charge is 0.317 e. The number of carbonyl (C=O) groups excluding carboxylic acids is 1. The molecule has 2 aliphatic rings. The molecule has 3 aromatic rings. The third-order valence-corrected chi connectivity index (χ3v) is 7.91. The molecule has 1 saturated heterocycles. The van der Waals surface area contributed by atoms with Crippen molar-refractivity contribution >= 4 is 17.5 Å². The van der Waals surface area contributed by atoms with Crippen LogP contribution in [-0.4, -0.2) is 64.3 Å². The predicted molar refractivity (Wildman–Crippen MR) is 150 cm³/mol. The van der Waals surface area contributed by atoms with Crippen molar-refractivity contribution in [1.29, 1.82) is 0 Å². The largest absolute Gasteiger partial charge is 0.381 e. The number of urea groups is 1. The molecule has 1 fully saturated rings. The molecule has 0 unspecified atom stereocenters. The highest BCUT2D eigenvalue weighted by Crippen LogP contribution is 2.41. The second-order valence-corrected chi connectivity index (χ2v) is 11.2. The molecule has 0 radical (unpaired) electrons. The third kappa shape index (κ3) is 5.43. The maximum absolute atomic E-state index is 14.5. The number of aromatic nitrogens is 4. The van der Waals surface area contributed by atoms with Crippen LogP contribution >= 0.6 is 0 Å². The molecule has 2 aromatic heterocycles. The van der Waals surface area contributed by atoms with Gasteiger partial charge in [-0.2, -0.15) is 10.2 Å². The summed E-state index contributed by atoms with van der Waals surface area (Å²) in [6.07, 6.45) is 3.86. The zero-order valence-electron chi connectivity index (χ0n) is 24.0. The van der Waals surface area contributed by atoms with Gasteiger partial charge in [0.05, 0.1) is 18.8 Å². The van der Waals surface area contributed by atoms with Gasteiger partial charge in [-0.05, 0) is 48.4 Å². The maximum Gasteiger partial charge on any atom is 0.317 e. The van der Waals surface area contributed by atoms with Gasteiger partial charge < -0.3 is 19.9 Å². The molecule has 40 heavy (non-hydrogen) atoms. The van der Waals surface area contributed by atoms with Crippen LogP contribution in [-0.2, 0) is 31.2 Å². The minimum Gasteiger partial charge on any atom is -0.381 e.